The zero-order chi connectivity index (χ0) is 17.6. The summed E-state index contributed by atoms with van der Waals surface area (Å²) in [5.41, 5.74) is -1.00. The number of hydrogen-bond acceptors (Lipinski definition) is 8. The van der Waals surface area contributed by atoms with Crippen molar-refractivity contribution in [3.8, 4) is 0 Å². The highest BCUT2D eigenvalue weighted by Gasteiger charge is 2.31. The van der Waals surface area contributed by atoms with Gasteiger partial charge >= 0.3 is 13.9 Å². The first kappa shape index (κ1) is 20.0. The molecule has 1 aliphatic rings. The van der Waals surface area contributed by atoms with E-state index in [9.17, 15) is 9.59 Å². The molecule has 1 saturated heterocycles. The maximum Gasteiger partial charge on any atom is 0.566 e. The van der Waals surface area contributed by atoms with Gasteiger partial charge in [0, 0.05) is 12.2 Å². The fourth-order valence-corrected chi connectivity index (χ4v) is 2.00. The molecule has 0 spiro atoms. The molecule has 0 amide bonds. The number of aromatic amines is 1. The molecule has 0 saturated carbocycles. The number of rotatable bonds is 4. The average Bonchev–Trinajstić information content (AvgIpc) is 2.85. The summed E-state index contributed by atoms with van der Waals surface area (Å²) in [4.78, 5) is 48.6. The summed E-state index contributed by atoms with van der Waals surface area (Å²) in [6.45, 7) is -0.814. The molecule has 1 unspecified atom stereocenters. The number of H-pyrrole nitrogens is 1. The first-order chi connectivity index (χ1) is 10.7. The Labute approximate surface area is 134 Å². The predicted molar refractivity (Wildman–Crippen MR) is 81.4 cm³/mol. The van der Waals surface area contributed by atoms with Crippen LogP contribution < -0.4 is 11.2 Å². The van der Waals surface area contributed by atoms with Crippen LogP contribution in [0.5, 0.6) is 0 Å². The van der Waals surface area contributed by atoms with Crippen LogP contribution in [0.4, 0.5) is 0 Å². The standard InChI is InChI=1S/C9H11BN2O4.CH5BO4P/c10-6-1-2-7(16-6)12-3-5(4-13)8(14)11-9(12)15;2-1-6-7(3,4)5/h3,6-7,13H,1-2,4H2,(H,11,14,15);3-5H,1H2/q;+1/t6-,7?;/m0./s1. The van der Waals surface area contributed by atoms with E-state index in [4.69, 9.17) is 32.4 Å². The van der Waals surface area contributed by atoms with Crippen molar-refractivity contribution in [2.24, 2.45) is 0 Å². The summed E-state index contributed by atoms with van der Waals surface area (Å²) in [7, 11) is 6.15. The second-order valence-electron chi connectivity index (χ2n) is 4.49. The van der Waals surface area contributed by atoms with Gasteiger partial charge in [0.05, 0.1) is 18.7 Å². The lowest BCUT2D eigenvalue weighted by Crippen LogP contribution is -2.34. The van der Waals surface area contributed by atoms with Crippen LogP contribution in [0.25, 0.3) is 0 Å². The molecule has 124 valence electrons. The summed E-state index contributed by atoms with van der Waals surface area (Å²) in [5, 5.41) is 8.93. The summed E-state index contributed by atoms with van der Waals surface area (Å²) >= 11 is 0. The summed E-state index contributed by atoms with van der Waals surface area (Å²) < 4.78 is 10.3. The molecule has 10 nitrogen and oxygen atoms in total. The topological polar surface area (TPSA) is 154 Å². The SMILES string of the molecule is [B]CO[P+](O)(O)O.[B][C@@H]1CCC(n2cc(CO)c(=O)[nH]c2=O)O1. The van der Waals surface area contributed by atoms with Gasteiger partial charge in [0.1, 0.15) is 21.9 Å². The number of nitrogens with one attached hydrogen (secondary N) is 1. The number of aliphatic hydroxyl groups is 1. The molecular weight excluding hydrogens is 329 g/mol. The molecule has 4 radical (unpaired) electrons. The Balaban J connectivity index is 0.000000322. The van der Waals surface area contributed by atoms with Crippen molar-refractivity contribution in [2.75, 3.05) is 6.51 Å². The van der Waals surface area contributed by atoms with Crippen molar-refractivity contribution < 1.29 is 29.0 Å². The van der Waals surface area contributed by atoms with Crippen LogP contribution in [0.2, 0.25) is 0 Å². The van der Waals surface area contributed by atoms with Crippen molar-refractivity contribution in [3.63, 3.8) is 0 Å². The molecule has 2 rings (SSSR count). The normalized spacial score (nSPS) is 20.9. The van der Waals surface area contributed by atoms with Crippen molar-refractivity contribution in [2.45, 2.75) is 31.7 Å². The van der Waals surface area contributed by atoms with Crippen LogP contribution in [-0.2, 0) is 15.9 Å². The van der Waals surface area contributed by atoms with Crippen molar-refractivity contribution in [1.82, 2.24) is 9.55 Å². The van der Waals surface area contributed by atoms with Gasteiger partial charge in [-0.3, -0.25) is 14.3 Å². The number of hydrogen-bond donors (Lipinski definition) is 5. The van der Waals surface area contributed by atoms with E-state index in [1.54, 1.807) is 0 Å². The van der Waals surface area contributed by atoms with Crippen molar-refractivity contribution in [3.05, 3.63) is 32.6 Å². The van der Waals surface area contributed by atoms with E-state index in [2.05, 4.69) is 17.4 Å². The van der Waals surface area contributed by atoms with Crippen molar-refractivity contribution >= 4 is 23.9 Å². The Bertz CT molecular complexity index is 616. The molecule has 13 heteroatoms. The molecule has 0 aromatic carbocycles. The van der Waals surface area contributed by atoms with E-state index >= 15 is 0 Å². The highest BCUT2D eigenvalue weighted by atomic mass is 31.2. The second kappa shape index (κ2) is 8.74. The minimum Gasteiger partial charge on any atom is -0.391 e. The van der Waals surface area contributed by atoms with Gasteiger partial charge in [-0.25, -0.2) is 4.79 Å². The molecule has 1 aromatic heterocycles. The number of aliphatic hydroxyl groups excluding tert-OH is 1. The van der Waals surface area contributed by atoms with E-state index in [1.165, 1.54) is 10.8 Å². The number of nitrogens with zero attached hydrogens (tertiary/aromatic N) is 1. The zero-order valence-electron chi connectivity index (χ0n) is 12.0. The Morgan fingerprint density at radius 1 is 1.39 bits per heavy atom. The fourth-order valence-electron chi connectivity index (χ4n) is 1.80. The largest absolute Gasteiger partial charge is 0.566 e. The zero-order valence-corrected chi connectivity index (χ0v) is 12.9. The smallest absolute Gasteiger partial charge is 0.391 e. The molecule has 1 aliphatic heterocycles. The number of aromatic nitrogens is 2. The van der Waals surface area contributed by atoms with Gasteiger partial charge in [-0.15, -0.1) is 0 Å². The Morgan fingerprint density at radius 3 is 2.43 bits per heavy atom. The number of ether oxygens (including phenoxy) is 1. The predicted octanol–water partition coefficient (Wildman–Crippen LogP) is -2.38. The molecule has 0 bridgehead atoms. The molecule has 0 aliphatic carbocycles. The monoisotopic (exact) mass is 345 g/mol. The highest BCUT2D eigenvalue weighted by molar-refractivity contribution is 7.53. The van der Waals surface area contributed by atoms with E-state index < -0.39 is 38.8 Å². The summed E-state index contributed by atoms with van der Waals surface area (Å²) in [6, 6.07) is -0.388. The maximum atomic E-state index is 11.5. The maximum absolute atomic E-state index is 11.5. The third kappa shape index (κ3) is 6.56. The molecule has 2 heterocycles. The van der Waals surface area contributed by atoms with Crippen LogP contribution in [0.1, 0.15) is 24.6 Å². The third-order valence-corrected chi connectivity index (χ3v) is 3.30. The van der Waals surface area contributed by atoms with Crippen LogP contribution in [0.15, 0.2) is 15.8 Å². The summed E-state index contributed by atoms with van der Waals surface area (Å²) in [6.07, 6.45) is 2.11. The molecule has 23 heavy (non-hydrogen) atoms. The summed E-state index contributed by atoms with van der Waals surface area (Å²) in [5.74, 6) is 0. The van der Waals surface area contributed by atoms with Gasteiger partial charge in [0.2, 0.25) is 0 Å². The first-order valence-corrected chi connectivity index (χ1v) is 8.02. The molecule has 5 N–H and O–H groups in total. The van der Waals surface area contributed by atoms with Gasteiger partial charge in [-0.05, 0) is 12.8 Å². The average molecular weight is 345 g/mol. The third-order valence-electron chi connectivity index (χ3n) is 2.80. The Hall–Kier alpha value is -1.00. The second-order valence-corrected chi connectivity index (χ2v) is 5.78. The quantitative estimate of drug-likeness (QED) is 0.299. The van der Waals surface area contributed by atoms with Crippen molar-refractivity contribution in [1.29, 1.82) is 0 Å². The van der Waals surface area contributed by atoms with Crippen LogP contribution in [0, 0.1) is 0 Å². The van der Waals surface area contributed by atoms with Crippen LogP contribution in [-0.4, -0.2) is 57.5 Å². The van der Waals surface area contributed by atoms with Gasteiger partial charge in [0.15, 0.2) is 0 Å². The molecular formula is C10H16B2N2O8P+. The lowest BCUT2D eigenvalue weighted by molar-refractivity contribution is 0.0336. The van der Waals surface area contributed by atoms with Gasteiger partial charge < -0.3 is 9.84 Å². The minimum atomic E-state index is -4.04. The fraction of sp³-hybridized carbons (Fsp3) is 0.600. The molecule has 1 aromatic rings. The Morgan fingerprint density at radius 2 is 2.04 bits per heavy atom. The molecule has 2 atom stereocenters. The lowest BCUT2D eigenvalue weighted by atomic mass is 9.98. The van der Waals surface area contributed by atoms with Gasteiger partial charge in [0.25, 0.3) is 5.56 Å². The van der Waals surface area contributed by atoms with E-state index in [0.717, 1.165) is 0 Å². The van der Waals surface area contributed by atoms with Gasteiger partial charge in [-0.1, -0.05) is 0 Å². The Kier molecular flexibility index (Phi) is 7.62. The first-order valence-electron chi connectivity index (χ1n) is 6.46. The van der Waals surface area contributed by atoms with Crippen LogP contribution in [0.3, 0.4) is 0 Å². The van der Waals surface area contributed by atoms with Crippen LogP contribution >= 0.6 is 8.17 Å². The van der Waals surface area contributed by atoms with E-state index in [1.807, 2.05) is 0 Å². The van der Waals surface area contributed by atoms with E-state index in [0.29, 0.717) is 12.8 Å². The minimum absolute atomic E-state index is 0.128. The van der Waals surface area contributed by atoms with Gasteiger partial charge in [-0.2, -0.15) is 19.2 Å². The lowest BCUT2D eigenvalue weighted by Gasteiger charge is -2.14. The molecule has 1 fully saturated rings. The highest BCUT2D eigenvalue weighted by Crippen LogP contribution is 2.44. The van der Waals surface area contributed by atoms with E-state index in [-0.39, 0.29) is 11.6 Å².